The number of morpholine rings is 1. The van der Waals surface area contributed by atoms with Crippen LogP contribution in [-0.4, -0.2) is 68.1 Å². The van der Waals surface area contributed by atoms with Crippen LogP contribution in [-0.2, 0) is 24.3 Å². The fourth-order valence-corrected chi connectivity index (χ4v) is 4.26. The maximum absolute atomic E-state index is 12.4. The molecular formula is C10H17NO6S. The second-order valence-electron chi connectivity index (χ2n) is 4.40. The van der Waals surface area contributed by atoms with Gasteiger partial charge in [-0.25, -0.2) is 8.42 Å². The summed E-state index contributed by atoms with van der Waals surface area (Å²) < 4.78 is 36.1. The number of carboxylic acid groups (broad SMARTS) is 1. The molecule has 18 heavy (non-hydrogen) atoms. The zero-order valence-electron chi connectivity index (χ0n) is 9.95. The smallest absolute Gasteiger partial charge is 0.324 e. The maximum Gasteiger partial charge on any atom is 0.324 e. The first-order chi connectivity index (χ1) is 8.53. The Hall–Kier alpha value is -0.700. The van der Waals surface area contributed by atoms with Gasteiger partial charge in [0.1, 0.15) is 6.04 Å². The standard InChI is InChI=1S/C10H17NO6S/c12-10(13)9-7-17-6-3-11(9)18(14,15)8-1-4-16-5-2-8/h8-9H,1-7H2,(H,12,13). The molecule has 1 atom stereocenters. The normalized spacial score (nSPS) is 28.1. The van der Waals surface area contributed by atoms with Crippen molar-refractivity contribution in [3.05, 3.63) is 0 Å². The van der Waals surface area contributed by atoms with Crippen LogP contribution in [0.2, 0.25) is 0 Å². The van der Waals surface area contributed by atoms with E-state index in [4.69, 9.17) is 14.6 Å². The molecule has 0 radical (unpaired) electrons. The number of hydrogen-bond donors (Lipinski definition) is 1. The third kappa shape index (κ3) is 2.66. The van der Waals surface area contributed by atoms with Gasteiger partial charge < -0.3 is 14.6 Å². The Bertz CT molecular complexity index is 403. The maximum atomic E-state index is 12.4. The van der Waals surface area contributed by atoms with E-state index in [-0.39, 0.29) is 19.8 Å². The lowest BCUT2D eigenvalue weighted by molar-refractivity contribution is -0.146. The van der Waals surface area contributed by atoms with Gasteiger partial charge in [0.25, 0.3) is 0 Å². The number of sulfonamides is 1. The van der Waals surface area contributed by atoms with Gasteiger partial charge >= 0.3 is 5.97 Å². The molecule has 1 N–H and O–H groups in total. The molecule has 0 bridgehead atoms. The van der Waals surface area contributed by atoms with Gasteiger partial charge in [0.2, 0.25) is 10.0 Å². The second-order valence-corrected chi connectivity index (χ2v) is 6.56. The summed E-state index contributed by atoms with van der Waals surface area (Å²) in [5.74, 6) is -1.16. The van der Waals surface area contributed by atoms with Crippen molar-refractivity contribution in [1.82, 2.24) is 4.31 Å². The molecule has 0 spiro atoms. The van der Waals surface area contributed by atoms with Crippen LogP contribution in [0.4, 0.5) is 0 Å². The predicted octanol–water partition coefficient (Wildman–Crippen LogP) is -0.719. The van der Waals surface area contributed by atoms with Crippen LogP contribution in [0.5, 0.6) is 0 Å². The van der Waals surface area contributed by atoms with Gasteiger partial charge in [0.15, 0.2) is 0 Å². The molecule has 0 aromatic carbocycles. The van der Waals surface area contributed by atoms with Gasteiger partial charge in [-0.15, -0.1) is 0 Å². The Labute approximate surface area is 106 Å². The third-order valence-electron chi connectivity index (χ3n) is 3.28. The molecule has 0 aromatic heterocycles. The molecule has 8 heteroatoms. The zero-order valence-corrected chi connectivity index (χ0v) is 10.8. The van der Waals surface area contributed by atoms with Crippen molar-refractivity contribution in [3.8, 4) is 0 Å². The van der Waals surface area contributed by atoms with Crippen molar-refractivity contribution in [2.45, 2.75) is 24.1 Å². The van der Waals surface area contributed by atoms with Crippen molar-refractivity contribution < 1.29 is 27.8 Å². The van der Waals surface area contributed by atoms with E-state index < -0.39 is 27.3 Å². The topological polar surface area (TPSA) is 93.1 Å². The van der Waals surface area contributed by atoms with Gasteiger partial charge in [-0.3, -0.25) is 4.79 Å². The average Bonchev–Trinajstić information content (AvgIpc) is 2.39. The predicted molar refractivity (Wildman–Crippen MR) is 61.7 cm³/mol. The first kappa shape index (κ1) is 13.7. The van der Waals surface area contributed by atoms with E-state index in [0.29, 0.717) is 26.1 Å². The average molecular weight is 279 g/mol. The summed E-state index contributed by atoms with van der Waals surface area (Å²) in [4.78, 5) is 11.1. The van der Waals surface area contributed by atoms with Gasteiger partial charge in [0, 0.05) is 19.8 Å². The van der Waals surface area contributed by atoms with E-state index in [9.17, 15) is 13.2 Å². The van der Waals surface area contributed by atoms with E-state index in [1.165, 1.54) is 0 Å². The summed E-state index contributed by atoms with van der Waals surface area (Å²) in [5.41, 5.74) is 0. The van der Waals surface area contributed by atoms with Gasteiger partial charge in [-0.2, -0.15) is 4.31 Å². The summed E-state index contributed by atoms with van der Waals surface area (Å²) in [6, 6.07) is -1.11. The summed E-state index contributed by atoms with van der Waals surface area (Å²) in [5, 5.41) is 8.52. The molecule has 2 aliphatic heterocycles. The highest BCUT2D eigenvalue weighted by Gasteiger charge is 2.41. The van der Waals surface area contributed by atoms with E-state index in [0.717, 1.165) is 4.31 Å². The lowest BCUT2D eigenvalue weighted by atomic mass is 10.2. The summed E-state index contributed by atoms with van der Waals surface area (Å²) in [6.07, 6.45) is 0.845. The molecular weight excluding hydrogens is 262 g/mol. The van der Waals surface area contributed by atoms with Crippen LogP contribution in [0.3, 0.4) is 0 Å². The number of nitrogens with zero attached hydrogens (tertiary/aromatic N) is 1. The van der Waals surface area contributed by atoms with Gasteiger partial charge in [-0.05, 0) is 12.8 Å². The molecule has 2 saturated heterocycles. The quantitative estimate of drug-likeness (QED) is 0.733. The zero-order chi connectivity index (χ0) is 13.2. The van der Waals surface area contributed by atoms with Crippen molar-refractivity contribution in [3.63, 3.8) is 0 Å². The Morgan fingerprint density at radius 2 is 1.83 bits per heavy atom. The van der Waals surface area contributed by atoms with E-state index >= 15 is 0 Å². The Balaban J connectivity index is 2.18. The van der Waals surface area contributed by atoms with Crippen LogP contribution in [0.1, 0.15) is 12.8 Å². The molecule has 2 rings (SSSR count). The Morgan fingerprint density at radius 1 is 1.17 bits per heavy atom. The summed E-state index contributed by atoms with van der Waals surface area (Å²) >= 11 is 0. The van der Waals surface area contributed by atoms with E-state index in [1.807, 2.05) is 0 Å². The minimum Gasteiger partial charge on any atom is -0.480 e. The summed E-state index contributed by atoms with van der Waals surface area (Å²) in [7, 11) is -3.59. The molecule has 104 valence electrons. The van der Waals surface area contributed by atoms with Gasteiger partial charge in [-0.1, -0.05) is 0 Å². The van der Waals surface area contributed by atoms with Crippen molar-refractivity contribution in [2.75, 3.05) is 33.0 Å². The Morgan fingerprint density at radius 3 is 2.44 bits per heavy atom. The largest absolute Gasteiger partial charge is 0.480 e. The van der Waals surface area contributed by atoms with E-state index in [1.54, 1.807) is 0 Å². The van der Waals surface area contributed by atoms with Crippen molar-refractivity contribution in [2.24, 2.45) is 0 Å². The van der Waals surface area contributed by atoms with Crippen LogP contribution >= 0.6 is 0 Å². The highest BCUT2D eigenvalue weighted by Crippen LogP contribution is 2.23. The third-order valence-corrected chi connectivity index (χ3v) is 5.69. The highest BCUT2D eigenvalue weighted by atomic mass is 32.2. The molecule has 0 aromatic rings. The molecule has 2 fully saturated rings. The molecule has 0 saturated carbocycles. The SMILES string of the molecule is O=C(O)C1COCCN1S(=O)(=O)C1CCOCC1. The molecule has 0 aliphatic carbocycles. The number of aliphatic carboxylic acids is 1. The minimum atomic E-state index is -3.59. The number of carboxylic acids is 1. The van der Waals surface area contributed by atoms with Crippen LogP contribution in [0, 0.1) is 0 Å². The molecule has 0 amide bonds. The van der Waals surface area contributed by atoms with Crippen molar-refractivity contribution >= 4 is 16.0 Å². The molecule has 7 nitrogen and oxygen atoms in total. The van der Waals surface area contributed by atoms with Crippen LogP contribution < -0.4 is 0 Å². The second kappa shape index (κ2) is 5.52. The monoisotopic (exact) mass is 279 g/mol. The van der Waals surface area contributed by atoms with Crippen molar-refractivity contribution in [1.29, 1.82) is 0 Å². The Kier molecular flexibility index (Phi) is 4.21. The number of rotatable bonds is 3. The molecule has 2 aliphatic rings. The fraction of sp³-hybridized carbons (Fsp3) is 0.900. The fourth-order valence-electron chi connectivity index (χ4n) is 2.25. The summed E-state index contributed by atoms with van der Waals surface area (Å²) in [6.45, 7) is 1.08. The lowest BCUT2D eigenvalue weighted by Gasteiger charge is -2.35. The molecule has 2 heterocycles. The number of hydrogen-bond acceptors (Lipinski definition) is 5. The van der Waals surface area contributed by atoms with Crippen LogP contribution in [0.25, 0.3) is 0 Å². The lowest BCUT2D eigenvalue weighted by Crippen LogP contribution is -2.55. The van der Waals surface area contributed by atoms with Gasteiger partial charge in [0.05, 0.1) is 18.5 Å². The first-order valence-corrected chi connectivity index (χ1v) is 7.43. The van der Waals surface area contributed by atoms with Crippen LogP contribution in [0.15, 0.2) is 0 Å². The minimum absolute atomic E-state index is 0.0855. The molecule has 1 unspecified atom stereocenters. The number of carbonyl (C=O) groups is 1. The van der Waals surface area contributed by atoms with E-state index in [2.05, 4.69) is 0 Å². The highest BCUT2D eigenvalue weighted by molar-refractivity contribution is 7.89. The number of ether oxygens (including phenoxy) is 2. The first-order valence-electron chi connectivity index (χ1n) is 5.92.